The fourth-order valence-electron chi connectivity index (χ4n) is 2.86. The van der Waals surface area contributed by atoms with Crippen molar-refractivity contribution in [3.05, 3.63) is 48.0 Å². The molecule has 0 bridgehead atoms. The third-order valence-electron chi connectivity index (χ3n) is 4.29. The molecule has 0 heterocycles. The molecule has 0 saturated heterocycles. The molecule has 0 aromatic heterocycles. The minimum atomic E-state index is 0.522. The van der Waals surface area contributed by atoms with E-state index in [0.717, 1.165) is 6.54 Å². The summed E-state index contributed by atoms with van der Waals surface area (Å²) in [6.07, 6.45) is 3.96. The third-order valence-corrected chi connectivity index (χ3v) is 4.29. The molecule has 0 unspecified atom stereocenters. The van der Waals surface area contributed by atoms with Crippen LogP contribution in [0.1, 0.15) is 32.3 Å². The largest absolute Gasteiger partial charge is 0.314 e. The minimum absolute atomic E-state index is 0.522. The fourth-order valence-corrected chi connectivity index (χ4v) is 2.86. The molecule has 2 aromatic carbocycles. The van der Waals surface area contributed by atoms with Crippen molar-refractivity contribution in [2.45, 2.75) is 39.2 Å². The topological polar surface area (TPSA) is 12.0 Å². The first-order chi connectivity index (χ1) is 9.19. The normalized spacial score (nSPS) is 17.0. The maximum atomic E-state index is 3.62. The summed E-state index contributed by atoms with van der Waals surface area (Å²) in [6, 6.07) is 16.1. The Kier molecular flexibility index (Phi) is 3.32. The fraction of sp³-hybridized carbons (Fsp3) is 0.444. The van der Waals surface area contributed by atoms with E-state index in [0.29, 0.717) is 11.5 Å². The second-order valence-corrected chi connectivity index (χ2v) is 6.35. The van der Waals surface area contributed by atoms with Crippen molar-refractivity contribution in [1.29, 1.82) is 0 Å². The van der Waals surface area contributed by atoms with Gasteiger partial charge in [-0.05, 0) is 41.0 Å². The lowest BCUT2D eigenvalue weighted by atomic mass is 9.92. The highest BCUT2D eigenvalue weighted by molar-refractivity contribution is 5.85. The van der Waals surface area contributed by atoms with E-state index >= 15 is 0 Å². The van der Waals surface area contributed by atoms with E-state index < -0.39 is 0 Å². The molecule has 19 heavy (non-hydrogen) atoms. The lowest BCUT2D eigenvalue weighted by molar-refractivity contribution is 0.430. The molecule has 2 aromatic rings. The van der Waals surface area contributed by atoms with Crippen LogP contribution in [0.4, 0.5) is 0 Å². The van der Waals surface area contributed by atoms with Gasteiger partial charge in [-0.15, -0.1) is 0 Å². The molecule has 0 radical (unpaired) electrons. The summed E-state index contributed by atoms with van der Waals surface area (Å²) >= 11 is 0. The molecule has 1 heteroatoms. The van der Waals surface area contributed by atoms with Crippen LogP contribution in [0, 0.1) is 5.41 Å². The number of rotatable bonds is 5. The first-order valence-corrected chi connectivity index (χ1v) is 7.39. The molecular formula is C18H23N. The predicted octanol–water partition coefficient (Wildman–Crippen LogP) is 4.16. The van der Waals surface area contributed by atoms with E-state index in [1.165, 1.54) is 35.6 Å². The van der Waals surface area contributed by atoms with E-state index in [-0.39, 0.29) is 0 Å². The van der Waals surface area contributed by atoms with Gasteiger partial charge in [-0.3, -0.25) is 0 Å². The summed E-state index contributed by atoms with van der Waals surface area (Å²) in [5.41, 5.74) is 2.04. The number of hydrogen-bond acceptors (Lipinski definition) is 1. The number of benzene rings is 2. The van der Waals surface area contributed by atoms with E-state index in [1.807, 2.05) is 0 Å². The zero-order valence-corrected chi connectivity index (χ0v) is 11.9. The molecule has 3 rings (SSSR count). The molecule has 1 nitrogen and oxygen atoms in total. The van der Waals surface area contributed by atoms with Crippen LogP contribution in [0.5, 0.6) is 0 Å². The summed E-state index contributed by atoms with van der Waals surface area (Å²) in [5.74, 6) is 0. The summed E-state index contributed by atoms with van der Waals surface area (Å²) in [5, 5.41) is 6.42. The van der Waals surface area contributed by atoms with Crippen LogP contribution in [0.25, 0.3) is 10.8 Å². The van der Waals surface area contributed by atoms with Gasteiger partial charge in [0, 0.05) is 12.6 Å². The molecule has 100 valence electrons. The standard InChI is InChI=1S/C18H23N/c1-14(2)19-13-18(10-11-18)12-16-8-5-7-15-6-3-4-9-17(15)16/h3-9,14,19H,10-13H2,1-2H3. The zero-order valence-electron chi connectivity index (χ0n) is 11.9. The molecule has 1 saturated carbocycles. The molecule has 1 fully saturated rings. The van der Waals surface area contributed by atoms with Gasteiger partial charge >= 0.3 is 0 Å². The molecule has 0 atom stereocenters. The van der Waals surface area contributed by atoms with Gasteiger partial charge in [0.05, 0.1) is 0 Å². The molecule has 1 aliphatic rings. The average Bonchev–Trinajstić information content (AvgIpc) is 3.17. The maximum absolute atomic E-state index is 3.62. The van der Waals surface area contributed by atoms with Gasteiger partial charge in [-0.2, -0.15) is 0 Å². The Bertz CT molecular complexity index is 561. The Balaban J connectivity index is 1.82. The van der Waals surface area contributed by atoms with Crippen LogP contribution < -0.4 is 5.32 Å². The van der Waals surface area contributed by atoms with Crippen LogP contribution in [-0.2, 0) is 6.42 Å². The molecule has 0 amide bonds. The van der Waals surface area contributed by atoms with Gasteiger partial charge < -0.3 is 5.32 Å². The smallest absolute Gasteiger partial charge is 0.00134 e. The Labute approximate surface area is 116 Å². The lowest BCUT2D eigenvalue weighted by Crippen LogP contribution is -2.31. The van der Waals surface area contributed by atoms with Gasteiger partial charge in [0.25, 0.3) is 0 Å². The highest BCUT2D eigenvalue weighted by Gasteiger charge is 2.42. The molecule has 1 aliphatic carbocycles. The van der Waals surface area contributed by atoms with Crippen molar-refractivity contribution >= 4 is 10.8 Å². The van der Waals surface area contributed by atoms with E-state index in [2.05, 4.69) is 61.6 Å². The Hall–Kier alpha value is -1.34. The Morgan fingerprint density at radius 3 is 2.53 bits per heavy atom. The molecular weight excluding hydrogens is 230 g/mol. The first kappa shape index (κ1) is 12.7. The summed E-state index contributed by atoms with van der Waals surface area (Å²) in [7, 11) is 0. The van der Waals surface area contributed by atoms with Crippen molar-refractivity contribution < 1.29 is 0 Å². The van der Waals surface area contributed by atoms with Crippen LogP contribution >= 0.6 is 0 Å². The van der Waals surface area contributed by atoms with Gasteiger partial charge in [-0.1, -0.05) is 56.3 Å². The lowest BCUT2D eigenvalue weighted by Gasteiger charge is -2.19. The summed E-state index contributed by atoms with van der Waals surface area (Å²) in [4.78, 5) is 0. The van der Waals surface area contributed by atoms with Crippen molar-refractivity contribution in [2.24, 2.45) is 5.41 Å². The number of hydrogen-bond donors (Lipinski definition) is 1. The highest BCUT2D eigenvalue weighted by Crippen LogP contribution is 2.48. The van der Waals surface area contributed by atoms with E-state index in [9.17, 15) is 0 Å². The van der Waals surface area contributed by atoms with Crippen molar-refractivity contribution in [3.8, 4) is 0 Å². The quantitative estimate of drug-likeness (QED) is 0.843. The second kappa shape index (κ2) is 4.97. The van der Waals surface area contributed by atoms with Gasteiger partial charge in [0.15, 0.2) is 0 Å². The average molecular weight is 253 g/mol. The van der Waals surface area contributed by atoms with E-state index in [1.54, 1.807) is 0 Å². The second-order valence-electron chi connectivity index (χ2n) is 6.35. The zero-order chi connectivity index (χ0) is 13.3. The van der Waals surface area contributed by atoms with Gasteiger partial charge in [-0.25, -0.2) is 0 Å². The van der Waals surface area contributed by atoms with Crippen LogP contribution in [0.2, 0.25) is 0 Å². The highest BCUT2D eigenvalue weighted by atomic mass is 14.9. The van der Waals surface area contributed by atoms with Crippen molar-refractivity contribution in [1.82, 2.24) is 5.32 Å². The van der Waals surface area contributed by atoms with Gasteiger partial charge in [0.2, 0.25) is 0 Å². The first-order valence-electron chi connectivity index (χ1n) is 7.39. The Morgan fingerprint density at radius 2 is 1.79 bits per heavy atom. The summed E-state index contributed by atoms with van der Waals surface area (Å²) in [6.45, 7) is 5.62. The SMILES string of the molecule is CC(C)NCC1(Cc2cccc3ccccc23)CC1. The van der Waals surface area contributed by atoms with Crippen LogP contribution in [0.3, 0.4) is 0 Å². The maximum Gasteiger partial charge on any atom is 0.00134 e. The minimum Gasteiger partial charge on any atom is -0.314 e. The number of nitrogens with one attached hydrogen (secondary N) is 1. The third kappa shape index (κ3) is 2.82. The van der Waals surface area contributed by atoms with Crippen molar-refractivity contribution in [2.75, 3.05) is 6.54 Å². The monoisotopic (exact) mass is 253 g/mol. The van der Waals surface area contributed by atoms with Gasteiger partial charge in [0.1, 0.15) is 0 Å². The van der Waals surface area contributed by atoms with E-state index in [4.69, 9.17) is 0 Å². The molecule has 0 spiro atoms. The Morgan fingerprint density at radius 1 is 1.05 bits per heavy atom. The molecule has 1 N–H and O–H groups in total. The number of fused-ring (bicyclic) bond motifs is 1. The van der Waals surface area contributed by atoms with Crippen LogP contribution in [-0.4, -0.2) is 12.6 Å². The predicted molar refractivity (Wildman–Crippen MR) is 82.5 cm³/mol. The molecule has 0 aliphatic heterocycles. The van der Waals surface area contributed by atoms with Crippen molar-refractivity contribution in [3.63, 3.8) is 0 Å². The summed E-state index contributed by atoms with van der Waals surface area (Å²) < 4.78 is 0. The van der Waals surface area contributed by atoms with Crippen LogP contribution in [0.15, 0.2) is 42.5 Å².